The molecule has 5 N–H and O–H groups in total. The quantitative estimate of drug-likeness (QED) is 0.635. The van der Waals surface area contributed by atoms with Gasteiger partial charge in [-0.2, -0.15) is 13.2 Å². The standard InChI is InChI=1S/C11H10F3NO5/c12-11(13,14)4-1-2-5(10(19)20)6(3-4)7(16)8(17)9(15)18/h1-3,7-8,16-17H,(H2,15,18)(H,19,20). The zero-order chi connectivity index (χ0) is 15.7. The summed E-state index contributed by atoms with van der Waals surface area (Å²) in [7, 11) is 0. The van der Waals surface area contributed by atoms with Gasteiger partial charge in [-0.15, -0.1) is 0 Å². The molecular weight excluding hydrogens is 283 g/mol. The molecule has 1 aromatic carbocycles. The van der Waals surface area contributed by atoms with Gasteiger partial charge in [0.25, 0.3) is 0 Å². The number of nitrogens with two attached hydrogens (primary N) is 1. The summed E-state index contributed by atoms with van der Waals surface area (Å²) in [5.41, 5.74) is 2.05. The van der Waals surface area contributed by atoms with E-state index in [4.69, 9.17) is 10.8 Å². The molecule has 110 valence electrons. The number of aliphatic hydroxyl groups is 2. The molecule has 0 aliphatic heterocycles. The zero-order valence-electron chi connectivity index (χ0n) is 9.76. The lowest BCUT2D eigenvalue weighted by atomic mass is 9.96. The maximum absolute atomic E-state index is 12.5. The Hall–Kier alpha value is -2.13. The van der Waals surface area contributed by atoms with E-state index in [1.165, 1.54) is 0 Å². The van der Waals surface area contributed by atoms with Crippen LogP contribution in [0.5, 0.6) is 0 Å². The largest absolute Gasteiger partial charge is 0.478 e. The molecule has 0 saturated heterocycles. The Labute approximate surface area is 110 Å². The highest BCUT2D eigenvalue weighted by Gasteiger charge is 2.34. The van der Waals surface area contributed by atoms with E-state index >= 15 is 0 Å². The number of alkyl halides is 3. The number of carbonyl (C=O) groups is 2. The number of hydrogen-bond donors (Lipinski definition) is 4. The first-order chi connectivity index (χ1) is 9.05. The molecule has 0 aliphatic rings. The second-order valence-corrected chi connectivity index (χ2v) is 3.90. The number of aliphatic hydroxyl groups excluding tert-OH is 2. The Kier molecular flexibility index (Phi) is 4.36. The van der Waals surface area contributed by atoms with Gasteiger partial charge in [0.15, 0.2) is 6.10 Å². The number of benzene rings is 1. The lowest BCUT2D eigenvalue weighted by molar-refractivity contribution is -0.137. The van der Waals surface area contributed by atoms with Crippen LogP contribution in [0.25, 0.3) is 0 Å². The average molecular weight is 293 g/mol. The summed E-state index contributed by atoms with van der Waals surface area (Å²) >= 11 is 0. The fraction of sp³-hybridized carbons (Fsp3) is 0.273. The van der Waals surface area contributed by atoms with Crippen molar-refractivity contribution in [2.24, 2.45) is 5.73 Å². The highest BCUT2D eigenvalue weighted by molar-refractivity contribution is 5.90. The summed E-state index contributed by atoms with van der Waals surface area (Å²) in [6, 6.07) is 1.48. The van der Waals surface area contributed by atoms with Crippen LogP contribution in [0.2, 0.25) is 0 Å². The summed E-state index contributed by atoms with van der Waals surface area (Å²) in [6.07, 6.45) is -9.18. The first-order valence-corrected chi connectivity index (χ1v) is 5.15. The molecule has 0 fully saturated rings. The van der Waals surface area contributed by atoms with E-state index in [1.54, 1.807) is 0 Å². The molecule has 20 heavy (non-hydrogen) atoms. The first-order valence-electron chi connectivity index (χ1n) is 5.15. The van der Waals surface area contributed by atoms with E-state index in [0.29, 0.717) is 18.2 Å². The minimum atomic E-state index is -4.77. The van der Waals surface area contributed by atoms with Crippen LogP contribution in [-0.4, -0.2) is 33.3 Å². The molecular formula is C11H10F3NO5. The third-order valence-electron chi connectivity index (χ3n) is 2.52. The number of halogens is 3. The van der Waals surface area contributed by atoms with Crippen LogP contribution in [0.1, 0.15) is 27.6 Å². The molecule has 2 atom stereocenters. The van der Waals surface area contributed by atoms with E-state index in [1.807, 2.05) is 0 Å². The Morgan fingerprint density at radius 3 is 2.15 bits per heavy atom. The van der Waals surface area contributed by atoms with Gasteiger partial charge in [0.05, 0.1) is 11.1 Å². The van der Waals surface area contributed by atoms with Crippen molar-refractivity contribution in [3.63, 3.8) is 0 Å². The third-order valence-corrected chi connectivity index (χ3v) is 2.52. The van der Waals surface area contributed by atoms with Gasteiger partial charge in [-0.05, 0) is 23.8 Å². The maximum Gasteiger partial charge on any atom is 0.416 e. The molecule has 0 spiro atoms. The van der Waals surface area contributed by atoms with Crippen LogP contribution in [0.15, 0.2) is 18.2 Å². The average Bonchev–Trinajstić information content (AvgIpc) is 2.34. The molecule has 1 amide bonds. The van der Waals surface area contributed by atoms with E-state index in [2.05, 4.69) is 0 Å². The van der Waals surface area contributed by atoms with Crippen LogP contribution in [0, 0.1) is 0 Å². The minimum Gasteiger partial charge on any atom is -0.478 e. The van der Waals surface area contributed by atoms with Gasteiger partial charge >= 0.3 is 12.1 Å². The van der Waals surface area contributed by atoms with Gasteiger partial charge in [-0.3, -0.25) is 4.79 Å². The molecule has 0 aromatic heterocycles. The van der Waals surface area contributed by atoms with Crippen LogP contribution in [0.4, 0.5) is 13.2 Å². The maximum atomic E-state index is 12.5. The molecule has 9 heteroatoms. The van der Waals surface area contributed by atoms with Crippen LogP contribution < -0.4 is 5.73 Å². The lowest BCUT2D eigenvalue weighted by Gasteiger charge is -2.18. The van der Waals surface area contributed by atoms with Crippen molar-refractivity contribution in [3.8, 4) is 0 Å². The molecule has 0 aliphatic carbocycles. The molecule has 0 saturated carbocycles. The molecule has 0 bridgehead atoms. The fourth-order valence-corrected chi connectivity index (χ4v) is 1.50. The highest BCUT2D eigenvalue weighted by Crippen LogP contribution is 2.33. The molecule has 1 aromatic rings. The number of rotatable bonds is 4. The topological polar surface area (TPSA) is 121 Å². The fourth-order valence-electron chi connectivity index (χ4n) is 1.50. The van der Waals surface area contributed by atoms with Gasteiger partial charge in [-0.1, -0.05) is 0 Å². The molecule has 0 heterocycles. The second kappa shape index (κ2) is 5.47. The molecule has 1 rings (SSSR count). The van der Waals surface area contributed by atoms with Crippen LogP contribution in [-0.2, 0) is 11.0 Å². The summed E-state index contributed by atoms with van der Waals surface area (Å²) in [6.45, 7) is 0. The number of carbonyl (C=O) groups excluding carboxylic acids is 1. The van der Waals surface area contributed by atoms with Crippen molar-refractivity contribution in [2.45, 2.75) is 18.4 Å². The molecule has 6 nitrogen and oxygen atoms in total. The molecule has 0 radical (unpaired) electrons. The number of amides is 1. The van der Waals surface area contributed by atoms with E-state index < -0.39 is 47.0 Å². The Bertz CT molecular complexity index is 543. The number of carboxylic acid groups (broad SMARTS) is 1. The third kappa shape index (κ3) is 3.25. The first kappa shape index (κ1) is 15.9. The summed E-state index contributed by atoms with van der Waals surface area (Å²) in [5.74, 6) is -3.02. The highest BCUT2D eigenvalue weighted by atomic mass is 19.4. The monoisotopic (exact) mass is 293 g/mol. The Balaban J connectivity index is 3.40. The van der Waals surface area contributed by atoms with Crippen molar-refractivity contribution in [1.82, 2.24) is 0 Å². The van der Waals surface area contributed by atoms with Gasteiger partial charge in [0.2, 0.25) is 5.91 Å². The number of carboxylic acids is 1. The zero-order valence-corrected chi connectivity index (χ0v) is 9.76. The van der Waals surface area contributed by atoms with Crippen molar-refractivity contribution in [1.29, 1.82) is 0 Å². The van der Waals surface area contributed by atoms with E-state index in [-0.39, 0.29) is 0 Å². The van der Waals surface area contributed by atoms with Gasteiger partial charge in [-0.25, -0.2) is 4.79 Å². The minimum absolute atomic E-state index is 0.347. The normalized spacial score (nSPS) is 14.7. The smallest absolute Gasteiger partial charge is 0.416 e. The second-order valence-electron chi connectivity index (χ2n) is 3.90. The van der Waals surface area contributed by atoms with Gasteiger partial charge < -0.3 is 21.1 Å². The van der Waals surface area contributed by atoms with Crippen molar-refractivity contribution in [3.05, 3.63) is 34.9 Å². The predicted molar refractivity (Wildman–Crippen MR) is 58.6 cm³/mol. The summed E-state index contributed by atoms with van der Waals surface area (Å²) in [4.78, 5) is 21.6. The van der Waals surface area contributed by atoms with E-state index in [9.17, 15) is 33.0 Å². The van der Waals surface area contributed by atoms with E-state index in [0.717, 1.165) is 0 Å². The lowest BCUT2D eigenvalue weighted by Crippen LogP contribution is -2.34. The number of hydrogen-bond acceptors (Lipinski definition) is 4. The van der Waals surface area contributed by atoms with Crippen molar-refractivity contribution in [2.75, 3.05) is 0 Å². The summed E-state index contributed by atoms with van der Waals surface area (Å²) < 4.78 is 37.6. The molecule has 2 unspecified atom stereocenters. The predicted octanol–water partition coefficient (Wildman–Crippen LogP) is 0.283. The number of primary amides is 1. The van der Waals surface area contributed by atoms with Crippen LogP contribution >= 0.6 is 0 Å². The van der Waals surface area contributed by atoms with Crippen LogP contribution in [0.3, 0.4) is 0 Å². The number of aromatic carboxylic acids is 1. The Morgan fingerprint density at radius 1 is 1.20 bits per heavy atom. The SMILES string of the molecule is NC(=O)C(O)C(O)c1cc(C(F)(F)F)ccc1C(=O)O. The van der Waals surface area contributed by atoms with Gasteiger partial charge in [0.1, 0.15) is 6.10 Å². The Morgan fingerprint density at radius 2 is 1.75 bits per heavy atom. The van der Waals surface area contributed by atoms with Gasteiger partial charge in [0, 0.05) is 0 Å². The van der Waals surface area contributed by atoms with Crippen molar-refractivity contribution < 1.29 is 38.1 Å². The van der Waals surface area contributed by atoms with Crippen molar-refractivity contribution >= 4 is 11.9 Å². The summed E-state index contributed by atoms with van der Waals surface area (Å²) in [5, 5.41) is 27.7.